The van der Waals surface area contributed by atoms with Gasteiger partial charge in [0.1, 0.15) is 11.4 Å². The predicted octanol–water partition coefficient (Wildman–Crippen LogP) is 3.45. The van der Waals surface area contributed by atoms with Gasteiger partial charge in [0.25, 0.3) is 5.91 Å². The van der Waals surface area contributed by atoms with E-state index in [-0.39, 0.29) is 11.4 Å². The number of rotatable bonds is 3. The van der Waals surface area contributed by atoms with Crippen molar-refractivity contribution in [2.24, 2.45) is 0 Å². The number of benzene rings is 1. The summed E-state index contributed by atoms with van der Waals surface area (Å²) in [5, 5.41) is 12.0. The number of amides is 1. The van der Waals surface area contributed by atoms with Crippen LogP contribution in [0.2, 0.25) is 5.02 Å². The summed E-state index contributed by atoms with van der Waals surface area (Å²) < 4.78 is 0.575. The molecule has 0 fully saturated rings. The molecule has 1 amide bonds. The molecule has 0 saturated carbocycles. The highest BCUT2D eigenvalue weighted by atomic mass is 79.9. The van der Waals surface area contributed by atoms with Gasteiger partial charge in [0.05, 0.1) is 5.02 Å². The number of nitrogens with zero attached hydrogens (tertiary/aromatic N) is 1. The van der Waals surface area contributed by atoms with Crippen LogP contribution >= 0.6 is 27.5 Å². The average molecular weight is 356 g/mol. The first-order valence-electron chi connectivity index (χ1n) is 5.44. The zero-order valence-electron chi connectivity index (χ0n) is 9.93. The monoisotopic (exact) mass is 354 g/mol. The maximum atomic E-state index is 12.0. The van der Waals surface area contributed by atoms with Crippen LogP contribution in [-0.4, -0.2) is 22.0 Å². The molecule has 0 radical (unpaired) electrons. The highest BCUT2D eigenvalue weighted by molar-refractivity contribution is 9.10. The van der Waals surface area contributed by atoms with Crippen LogP contribution in [0, 0.1) is 0 Å². The minimum absolute atomic E-state index is 0.00364. The van der Waals surface area contributed by atoms with Gasteiger partial charge in [0.2, 0.25) is 0 Å². The molecule has 2 aromatic rings. The Bertz CT molecular complexity index is 691. The summed E-state index contributed by atoms with van der Waals surface area (Å²) in [4.78, 5) is 26.9. The van der Waals surface area contributed by atoms with Crippen molar-refractivity contribution in [3.8, 4) is 0 Å². The number of carbonyl (C=O) groups is 2. The second-order valence-electron chi connectivity index (χ2n) is 3.79. The van der Waals surface area contributed by atoms with Crippen molar-refractivity contribution in [2.45, 2.75) is 0 Å². The van der Waals surface area contributed by atoms with Crippen LogP contribution in [-0.2, 0) is 0 Å². The summed E-state index contributed by atoms with van der Waals surface area (Å²) in [6.07, 6.45) is 1.40. The van der Waals surface area contributed by atoms with E-state index in [2.05, 4.69) is 26.2 Å². The number of halogens is 2. The summed E-state index contributed by atoms with van der Waals surface area (Å²) in [7, 11) is 0. The van der Waals surface area contributed by atoms with Crippen LogP contribution in [0.15, 0.2) is 41.0 Å². The molecule has 0 saturated heterocycles. The fraction of sp³-hybridized carbons (Fsp3) is 0. The van der Waals surface area contributed by atoms with Gasteiger partial charge in [-0.2, -0.15) is 0 Å². The molecule has 1 aromatic heterocycles. The number of anilines is 1. The molecule has 5 nitrogen and oxygen atoms in total. The highest BCUT2D eigenvalue weighted by Crippen LogP contribution is 2.23. The van der Waals surface area contributed by atoms with Crippen LogP contribution in [0.4, 0.5) is 5.82 Å². The predicted molar refractivity (Wildman–Crippen MR) is 78.3 cm³/mol. The van der Waals surface area contributed by atoms with Crippen molar-refractivity contribution >= 4 is 45.2 Å². The molecule has 102 valence electrons. The molecule has 0 aliphatic heterocycles. The van der Waals surface area contributed by atoms with Gasteiger partial charge in [-0.15, -0.1) is 0 Å². The smallest absolute Gasteiger partial charge is 0.339 e. The number of pyridine rings is 1. The van der Waals surface area contributed by atoms with Crippen LogP contribution < -0.4 is 5.32 Å². The number of carbonyl (C=O) groups excluding carboxylic acids is 1. The Morgan fingerprint density at radius 2 is 2.05 bits per heavy atom. The van der Waals surface area contributed by atoms with Crippen LogP contribution in [0.25, 0.3) is 0 Å². The third-order valence-corrected chi connectivity index (χ3v) is 3.67. The van der Waals surface area contributed by atoms with Crippen molar-refractivity contribution in [3.05, 3.63) is 57.2 Å². The molecular formula is C13H8BrClN2O3. The minimum atomic E-state index is -1.16. The van der Waals surface area contributed by atoms with Gasteiger partial charge in [0, 0.05) is 16.2 Å². The van der Waals surface area contributed by atoms with E-state index >= 15 is 0 Å². The summed E-state index contributed by atoms with van der Waals surface area (Å²) in [6, 6.07) is 7.49. The third-order valence-electron chi connectivity index (χ3n) is 2.45. The van der Waals surface area contributed by atoms with Crippen molar-refractivity contribution in [3.63, 3.8) is 0 Å². The molecule has 0 atom stereocenters. The second kappa shape index (κ2) is 6.02. The quantitative estimate of drug-likeness (QED) is 0.884. The zero-order valence-corrected chi connectivity index (χ0v) is 12.3. The molecular weight excluding hydrogens is 348 g/mol. The van der Waals surface area contributed by atoms with Crippen LogP contribution in [0.1, 0.15) is 20.7 Å². The van der Waals surface area contributed by atoms with E-state index in [4.69, 9.17) is 16.7 Å². The lowest BCUT2D eigenvalue weighted by Crippen LogP contribution is -2.16. The second-order valence-corrected chi connectivity index (χ2v) is 5.05. The molecule has 0 spiro atoms. The van der Waals surface area contributed by atoms with Gasteiger partial charge < -0.3 is 10.4 Å². The first kappa shape index (κ1) is 14.5. The molecule has 20 heavy (non-hydrogen) atoms. The molecule has 2 rings (SSSR count). The van der Waals surface area contributed by atoms with Gasteiger partial charge in [-0.1, -0.05) is 11.6 Å². The third kappa shape index (κ3) is 3.15. The van der Waals surface area contributed by atoms with Crippen molar-refractivity contribution in [1.29, 1.82) is 0 Å². The Kier molecular flexibility index (Phi) is 4.36. The Morgan fingerprint density at radius 1 is 1.30 bits per heavy atom. The maximum Gasteiger partial charge on any atom is 0.339 e. The Balaban J connectivity index is 2.28. The van der Waals surface area contributed by atoms with Gasteiger partial charge in [0.15, 0.2) is 0 Å². The fourth-order valence-electron chi connectivity index (χ4n) is 1.49. The highest BCUT2D eigenvalue weighted by Gasteiger charge is 2.14. The topological polar surface area (TPSA) is 79.3 Å². The van der Waals surface area contributed by atoms with E-state index in [1.165, 1.54) is 24.4 Å². The standard InChI is InChI=1S/C13H8BrClN2O3/c14-9-6-7(3-4-10(9)15)12(18)17-11-8(13(19)20)2-1-5-16-11/h1-6H,(H,19,20)(H,16,17,18). The van der Waals surface area contributed by atoms with E-state index in [0.29, 0.717) is 15.1 Å². The molecule has 0 bridgehead atoms. The normalized spacial score (nSPS) is 10.1. The van der Waals surface area contributed by atoms with E-state index in [9.17, 15) is 9.59 Å². The van der Waals surface area contributed by atoms with Crippen molar-refractivity contribution < 1.29 is 14.7 Å². The fourth-order valence-corrected chi connectivity index (χ4v) is 1.99. The molecule has 1 heterocycles. The first-order valence-corrected chi connectivity index (χ1v) is 6.61. The number of nitrogens with one attached hydrogen (secondary N) is 1. The lowest BCUT2D eigenvalue weighted by atomic mass is 10.2. The van der Waals surface area contributed by atoms with E-state index in [1.807, 2.05) is 0 Å². The van der Waals surface area contributed by atoms with E-state index in [1.54, 1.807) is 12.1 Å². The number of carboxylic acids is 1. The number of aromatic nitrogens is 1. The molecule has 7 heteroatoms. The largest absolute Gasteiger partial charge is 0.478 e. The first-order chi connectivity index (χ1) is 9.49. The molecule has 1 aromatic carbocycles. The van der Waals surface area contributed by atoms with Gasteiger partial charge in [-0.3, -0.25) is 4.79 Å². The van der Waals surface area contributed by atoms with Crippen LogP contribution in [0.5, 0.6) is 0 Å². The summed E-state index contributed by atoms with van der Waals surface area (Å²) in [5.41, 5.74) is 0.261. The minimum Gasteiger partial charge on any atom is -0.478 e. The number of hydrogen-bond acceptors (Lipinski definition) is 3. The lowest BCUT2D eigenvalue weighted by Gasteiger charge is -2.07. The van der Waals surface area contributed by atoms with Gasteiger partial charge in [-0.05, 0) is 46.3 Å². The number of hydrogen-bond donors (Lipinski definition) is 2. The maximum absolute atomic E-state index is 12.0. The molecule has 0 aliphatic rings. The van der Waals surface area contributed by atoms with Gasteiger partial charge in [-0.25, -0.2) is 9.78 Å². The lowest BCUT2D eigenvalue weighted by molar-refractivity contribution is 0.0697. The average Bonchev–Trinajstić information content (AvgIpc) is 2.42. The zero-order chi connectivity index (χ0) is 14.7. The molecule has 2 N–H and O–H groups in total. The summed E-state index contributed by atoms with van der Waals surface area (Å²) in [6.45, 7) is 0. The Labute approximate surface area is 127 Å². The summed E-state index contributed by atoms with van der Waals surface area (Å²) >= 11 is 9.06. The molecule has 0 aliphatic carbocycles. The van der Waals surface area contributed by atoms with Crippen LogP contribution in [0.3, 0.4) is 0 Å². The van der Waals surface area contributed by atoms with E-state index < -0.39 is 11.9 Å². The van der Waals surface area contributed by atoms with E-state index in [0.717, 1.165) is 0 Å². The van der Waals surface area contributed by atoms with Crippen molar-refractivity contribution in [2.75, 3.05) is 5.32 Å². The Hall–Kier alpha value is -1.92. The Morgan fingerprint density at radius 3 is 2.70 bits per heavy atom. The SMILES string of the molecule is O=C(Nc1ncccc1C(=O)O)c1ccc(Cl)c(Br)c1. The molecule has 0 unspecified atom stereocenters. The number of aromatic carboxylic acids is 1. The summed E-state index contributed by atoms with van der Waals surface area (Å²) in [5.74, 6) is -1.63. The number of carboxylic acid groups (broad SMARTS) is 1. The van der Waals surface area contributed by atoms with Crippen molar-refractivity contribution in [1.82, 2.24) is 4.98 Å². The van der Waals surface area contributed by atoms with Gasteiger partial charge >= 0.3 is 5.97 Å².